The van der Waals surface area contributed by atoms with Crippen molar-refractivity contribution in [2.75, 3.05) is 26.0 Å². The number of rotatable bonds is 12. The first-order valence-electron chi connectivity index (χ1n) is 11.3. The van der Waals surface area contributed by atoms with Crippen LogP contribution in [0.3, 0.4) is 0 Å². The zero-order valence-electron chi connectivity index (χ0n) is 18.4. The zero-order valence-corrected chi connectivity index (χ0v) is 19.3. The number of ether oxygens (including phenoxy) is 2. The minimum atomic E-state index is -3.28. The fourth-order valence-corrected chi connectivity index (χ4v) is 5.52. The van der Waals surface area contributed by atoms with Crippen molar-refractivity contribution in [2.45, 2.75) is 50.3 Å². The van der Waals surface area contributed by atoms with Crippen LogP contribution in [0.5, 0.6) is 17.2 Å². The Morgan fingerprint density at radius 2 is 1.59 bits per heavy atom. The molecule has 32 heavy (non-hydrogen) atoms. The summed E-state index contributed by atoms with van der Waals surface area (Å²) in [6, 6.07) is 13.9. The average Bonchev–Trinajstić information content (AvgIpc) is 2.81. The molecule has 2 atom stereocenters. The van der Waals surface area contributed by atoms with Crippen LogP contribution in [0, 0.1) is 0 Å². The molecule has 0 heterocycles. The second-order valence-electron chi connectivity index (χ2n) is 8.38. The van der Waals surface area contributed by atoms with E-state index in [2.05, 4.69) is 5.32 Å². The Balaban J connectivity index is 1.31. The normalized spacial score (nSPS) is 17.4. The lowest BCUT2D eigenvalue weighted by molar-refractivity contribution is 0.106. The molecule has 0 bridgehead atoms. The van der Waals surface area contributed by atoms with Crippen LogP contribution in [0.1, 0.15) is 37.7 Å². The van der Waals surface area contributed by atoms with Crippen molar-refractivity contribution in [3.63, 3.8) is 0 Å². The smallest absolute Gasteiger partial charge is 0.239 e. The van der Waals surface area contributed by atoms with E-state index in [1.165, 1.54) is 12.1 Å². The molecule has 3 rings (SSSR count). The van der Waals surface area contributed by atoms with Crippen molar-refractivity contribution in [1.82, 2.24) is 5.32 Å². The van der Waals surface area contributed by atoms with Gasteiger partial charge in [0.25, 0.3) is 0 Å². The van der Waals surface area contributed by atoms with Crippen LogP contribution in [-0.2, 0) is 11.0 Å². The molecule has 2 unspecified atom stereocenters. The molecule has 0 aromatic heterocycles. The van der Waals surface area contributed by atoms with E-state index < -0.39 is 13.5 Å². The number of nitrogens with one attached hydrogen (secondary N) is 1. The van der Waals surface area contributed by atoms with Gasteiger partial charge in [-0.05, 0) is 67.8 Å². The van der Waals surface area contributed by atoms with Gasteiger partial charge in [-0.2, -0.15) is 0 Å². The molecule has 8 heteroatoms. The minimum absolute atomic E-state index is 0.122. The topological polar surface area (TPSA) is 108 Å². The van der Waals surface area contributed by atoms with Crippen molar-refractivity contribution in [2.24, 2.45) is 0 Å². The second-order valence-corrected chi connectivity index (χ2v) is 10.9. The maximum atomic E-state index is 12.6. The maximum Gasteiger partial charge on any atom is 0.239 e. The summed E-state index contributed by atoms with van der Waals surface area (Å²) in [5.41, 5.74) is 0.989. The van der Waals surface area contributed by atoms with E-state index >= 15 is 0 Å². The molecule has 1 saturated carbocycles. The Labute approximate surface area is 189 Å². The molecule has 0 aliphatic heterocycles. The van der Waals surface area contributed by atoms with E-state index in [9.17, 15) is 19.7 Å². The van der Waals surface area contributed by atoms with Gasteiger partial charge in [0.05, 0.1) is 0 Å². The summed E-state index contributed by atoms with van der Waals surface area (Å²) >= 11 is 0. The third kappa shape index (κ3) is 8.14. The van der Waals surface area contributed by atoms with E-state index in [1.807, 2.05) is 24.3 Å². The summed E-state index contributed by atoms with van der Waals surface area (Å²) in [4.78, 5) is 10.3. The molecule has 0 spiro atoms. The van der Waals surface area contributed by atoms with Crippen LogP contribution in [0.2, 0.25) is 0 Å². The standard InChI is InChI=1S/C24H34NO6P/c26-20-8-12-22(13-9-20)30-17-21(27)16-25-15-14-19-6-10-23(11-7-19)31-18-32(28,29)24-4-2-1-3-5-24/h6-13,21,24-27H,1-5,14-18H2,(H,28,29). The Kier molecular flexibility index (Phi) is 9.42. The second kappa shape index (κ2) is 12.3. The molecule has 7 nitrogen and oxygen atoms in total. The highest BCUT2D eigenvalue weighted by molar-refractivity contribution is 7.58. The number of hydrogen-bond acceptors (Lipinski definition) is 6. The summed E-state index contributed by atoms with van der Waals surface area (Å²) in [5, 5.41) is 22.5. The molecule has 2 aromatic rings. The summed E-state index contributed by atoms with van der Waals surface area (Å²) in [6.07, 6.45) is 4.87. The van der Waals surface area contributed by atoms with Gasteiger partial charge in [-0.15, -0.1) is 0 Å². The summed E-state index contributed by atoms with van der Waals surface area (Å²) in [7, 11) is -3.28. The summed E-state index contributed by atoms with van der Waals surface area (Å²) < 4.78 is 23.7. The first-order chi connectivity index (χ1) is 15.4. The quantitative estimate of drug-likeness (QED) is 0.279. The average molecular weight is 464 g/mol. The van der Waals surface area contributed by atoms with Gasteiger partial charge in [0, 0.05) is 12.2 Å². The lowest BCUT2D eigenvalue weighted by atomic mass is 10.0. The van der Waals surface area contributed by atoms with E-state index in [-0.39, 0.29) is 24.4 Å². The fraction of sp³-hybridized carbons (Fsp3) is 0.500. The highest BCUT2D eigenvalue weighted by Crippen LogP contribution is 2.51. The van der Waals surface area contributed by atoms with Crippen molar-refractivity contribution in [1.29, 1.82) is 0 Å². The first-order valence-corrected chi connectivity index (χ1v) is 13.2. The van der Waals surface area contributed by atoms with Gasteiger partial charge in [-0.3, -0.25) is 4.57 Å². The van der Waals surface area contributed by atoms with Crippen LogP contribution < -0.4 is 14.8 Å². The van der Waals surface area contributed by atoms with Crippen LogP contribution in [0.4, 0.5) is 0 Å². The minimum Gasteiger partial charge on any atom is -0.508 e. The number of phenols is 1. The van der Waals surface area contributed by atoms with Crippen LogP contribution in [0.25, 0.3) is 0 Å². The number of benzene rings is 2. The van der Waals surface area contributed by atoms with Crippen LogP contribution in [0.15, 0.2) is 48.5 Å². The molecule has 1 aliphatic carbocycles. The Morgan fingerprint density at radius 3 is 2.28 bits per heavy atom. The summed E-state index contributed by atoms with van der Waals surface area (Å²) in [5.74, 6) is 1.38. The molecule has 2 aromatic carbocycles. The van der Waals surface area contributed by atoms with E-state index in [1.54, 1.807) is 12.1 Å². The predicted octanol–water partition coefficient (Wildman–Crippen LogP) is 3.90. The van der Waals surface area contributed by atoms with Gasteiger partial charge in [-0.25, -0.2) is 0 Å². The van der Waals surface area contributed by atoms with Gasteiger partial charge >= 0.3 is 0 Å². The largest absolute Gasteiger partial charge is 0.508 e. The number of phenolic OH excluding ortho intramolecular Hbond substituents is 1. The molecule has 176 valence electrons. The Bertz CT molecular complexity index is 852. The molecule has 0 radical (unpaired) electrons. The number of aliphatic hydroxyl groups excluding tert-OH is 1. The third-order valence-corrected chi connectivity index (χ3v) is 7.89. The third-order valence-electron chi connectivity index (χ3n) is 5.73. The Hall–Kier alpha value is -2.05. The number of aromatic hydroxyl groups is 1. The molecule has 4 N–H and O–H groups in total. The fourth-order valence-electron chi connectivity index (χ4n) is 3.80. The van der Waals surface area contributed by atoms with Crippen molar-refractivity contribution < 1.29 is 29.1 Å². The van der Waals surface area contributed by atoms with Crippen molar-refractivity contribution >= 4 is 7.37 Å². The SMILES string of the molecule is O=P(O)(COc1ccc(CCNCC(O)COc2ccc(O)cc2)cc1)C1CCCCC1. The zero-order chi connectivity index (χ0) is 22.8. The lowest BCUT2D eigenvalue weighted by Gasteiger charge is -2.26. The number of aliphatic hydroxyl groups is 1. The highest BCUT2D eigenvalue weighted by Gasteiger charge is 2.32. The highest BCUT2D eigenvalue weighted by atomic mass is 31.2. The predicted molar refractivity (Wildman–Crippen MR) is 125 cm³/mol. The molecular weight excluding hydrogens is 429 g/mol. The van der Waals surface area contributed by atoms with E-state index in [0.29, 0.717) is 24.6 Å². The monoisotopic (exact) mass is 463 g/mol. The van der Waals surface area contributed by atoms with E-state index in [4.69, 9.17) is 9.47 Å². The molecule has 1 fully saturated rings. The van der Waals surface area contributed by atoms with Crippen LogP contribution >= 0.6 is 7.37 Å². The Morgan fingerprint density at radius 1 is 0.969 bits per heavy atom. The maximum absolute atomic E-state index is 12.6. The summed E-state index contributed by atoms with van der Waals surface area (Å²) in [6.45, 7) is 1.27. The van der Waals surface area contributed by atoms with Gasteiger partial charge in [0.2, 0.25) is 7.37 Å². The first kappa shape index (κ1) is 24.6. The van der Waals surface area contributed by atoms with Crippen molar-refractivity contribution in [3.05, 3.63) is 54.1 Å². The number of hydrogen-bond donors (Lipinski definition) is 4. The van der Waals surface area contributed by atoms with Gasteiger partial charge in [-0.1, -0.05) is 31.4 Å². The molecule has 0 amide bonds. The lowest BCUT2D eigenvalue weighted by Crippen LogP contribution is -2.32. The van der Waals surface area contributed by atoms with E-state index in [0.717, 1.165) is 44.1 Å². The van der Waals surface area contributed by atoms with Gasteiger partial charge in [0.15, 0.2) is 6.35 Å². The molecular formula is C24H34NO6P. The molecule has 0 saturated heterocycles. The van der Waals surface area contributed by atoms with Gasteiger partial charge in [0.1, 0.15) is 30.0 Å². The van der Waals surface area contributed by atoms with Crippen LogP contribution in [-0.4, -0.2) is 52.9 Å². The van der Waals surface area contributed by atoms with Crippen molar-refractivity contribution in [3.8, 4) is 17.2 Å². The molecule has 1 aliphatic rings. The van der Waals surface area contributed by atoms with Gasteiger partial charge < -0.3 is 29.9 Å².